The molecule has 0 aliphatic carbocycles. The number of rotatable bonds is 3. The Bertz CT molecular complexity index is 591. The molecule has 3 heteroatoms. The molecule has 0 atom stereocenters. The Kier molecular flexibility index (Phi) is 2.37. The summed E-state index contributed by atoms with van der Waals surface area (Å²) in [5.74, 6) is 0.492. The van der Waals surface area contributed by atoms with Crippen LogP contribution in [0, 0.1) is 0 Å². The molecule has 1 aromatic carbocycles. The lowest BCUT2D eigenvalue weighted by Gasteiger charge is -1.97. The van der Waals surface area contributed by atoms with Crippen molar-refractivity contribution in [2.24, 2.45) is 0 Å². The number of aromatic hydroxyl groups is 1. The number of aldehydes is 1. The van der Waals surface area contributed by atoms with Crippen molar-refractivity contribution in [1.29, 1.82) is 0 Å². The van der Waals surface area contributed by atoms with Crippen LogP contribution in [-0.4, -0.2) is 11.4 Å². The summed E-state index contributed by atoms with van der Waals surface area (Å²) >= 11 is 0. The molecule has 80 valence electrons. The van der Waals surface area contributed by atoms with E-state index in [1.165, 1.54) is 12.1 Å². The van der Waals surface area contributed by atoms with Gasteiger partial charge in [-0.25, -0.2) is 0 Å². The van der Waals surface area contributed by atoms with E-state index in [-0.39, 0.29) is 11.3 Å². The molecule has 2 rings (SSSR count). The highest BCUT2D eigenvalue weighted by molar-refractivity contribution is 6.04. The molecular formula is C13H10O3. The van der Waals surface area contributed by atoms with Crippen LogP contribution in [0.1, 0.15) is 21.7 Å². The van der Waals surface area contributed by atoms with Gasteiger partial charge in [-0.3, -0.25) is 4.79 Å². The normalized spacial score (nSPS) is 10.2. The molecular weight excluding hydrogens is 204 g/mol. The zero-order chi connectivity index (χ0) is 11.7. The van der Waals surface area contributed by atoms with Gasteiger partial charge in [0, 0.05) is 16.5 Å². The van der Waals surface area contributed by atoms with Crippen LogP contribution in [0.2, 0.25) is 0 Å². The fourth-order valence-corrected chi connectivity index (χ4v) is 1.71. The minimum absolute atomic E-state index is 0.00296. The van der Waals surface area contributed by atoms with Gasteiger partial charge in [0.2, 0.25) is 0 Å². The van der Waals surface area contributed by atoms with Crippen LogP contribution in [0.5, 0.6) is 5.75 Å². The molecule has 16 heavy (non-hydrogen) atoms. The van der Waals surface area contributed by atoms with Gasteiger partial charge in [-0.1, -0.05) is 19.2 Å². The van der Waals surface area contributed by atoms with E-state index < -0.39 is 0 Å². The number of hydrogen-bond donors (Lipinski definition) is 1. The highest BCUT2D eigenvalue weighted by Crippen LogP contribution is 2.35. The fraction of sp³-hybridized carbons (Fsp3) is 0. The number of furan rings is 1. The van der Waals surface area contributed by atoms with Crippen molar-refractivity contribution >= 4 is 29.4 Å². The van der Waals surface area contributed by atoms with E-state index in [1.54, 1.807) is 12.1 Å². The molecule has 1 aromatic heterocycles. The molecule has 0 amide bonds. The number of benzene rings is 1. The first-order valence-corrected chi connectivity index (χ1v) is 4.71. The summed E-state index contributed by atoms with van der Waals surface area (Å²) in [7, 11) is 0. The Labute approximate surface area is 92.3 Å². The summed E-state index contributed by atoms with van der Waals surface area (Å²) in [6.45, 7) is 7.27. The molecule has 0 spiro atoms. The van der Waals surface area contributed by atoms with E-state index in [1.807, 2.05) is 0 Å². The van der Waals surface area contributed by atoms with Gasteiger partial charge in [0.05, 0.1) is 0 Å². The number of phenols is 1. The van der Waals surface area contributed by atoms with E-state index in [2.05, 4.69) is 13.2 Å². The Morgan fingerprint density at radius 3 is 2.56 bits per heavy atom. The zero-order valence-electron chi connectivity index (χ0n) is 8.56. The van der Waals surface area contributed by atoms with E-state index in [0.29, 0.717) is 22.3 Å². The molecule has 2 aromatic rings. The van der Waals surface area contributed by atoms with E-state index >= 15 is 0 Å². The number of hydrogen-bond acceptors (Lipinski definition) is 3. The van der Waals surface area contributed by atoms with Crippen molar-refractivity contribution in [2.45, 2.75) is 0 Å². The molecule has 0 fully saturated rings. The first-order valence-electron chi connectivity index (χ1n) is 4.71. The SMILES string of the molecule is C=Cc1oc2c(O)ccc(C=O)c2c1C=C. The average molecular weight is 214 g/mol. The average Bonchev–Trinajstić information content (AvgIpc) is 2.69. The second-order valence-electron chi connectivity index (χ2n) is 3.28. The highest BCUT2D eigenvalue weighted by Gasteiger charge is 2.15. The van der Waals surface area contributed by atoms with Crippen molar-refractivity contribution in [3.63, 3.8) is 0 Å². The second-order valence-corrected chi connectivity index (χ2v) is 3.28. The number of fused-ring (bicyclic) bond motifs is 1. The molecule has 1 heterocycles. The van der Waals surface area contributed by atoms with Crippen LogP contribution in [0.15, 0.2) is 29.7 Å². The molecule has 3 nitrogen and oxygen atoms in total. The first-order chi connectivity index (χ1) is 7.72. The van der Waals surface area contributed by atoms with Gasteiger partial charge in [0.25, 0.3) is 0 Å². The first kappa shape index (κ1) is 10.2. The largest absolute Gasteiger partial charge is 0.504 e. The Hall–Kier alpha value is -2.29. The molecule has 1 N–H and O–H groups in total. The number of carbonyl (C=O) groups excluding carboxylic acids is 1. The fourth-order valence-electron chi connectivity index (χ4n) is 1.71. The summed E-state index contributed by atoms with van der Waals surface area (Å²) < 4.78 is 5.41. The van der Waals surface area contributed by atoms with Crippen molar-refractivity contribution in [3.05, 3.63) is 42.2 Å². The predicted molar refractivity (Wildman–Crippen MR) is 63.4 cm³/mol. The molecule has 0 saturated heterocycles. The van der Waals surface area contributed by atoms with Gasteiger partial charge in [-0.05, 0) is 18.2 Å². The third-order valence-electron chi connectivity index (χ3n) is 2.43. The maximum Gasteiger partial charge on any atom is 0.177 e. The smallest absolute Gasteiger partial charge is 0.177 e. The standard InChI is InChI=1S/C13H10O3/c1-3-9-11(4-2)16-13-10(15)6-5-8(7-14)12(9)13/h3-7,15H,1-2H2. The van der Waals surface area contributed by atoms with Gasteiger partial charge >= 0.3 is 0 Å². The Balaban J connectivity index is 3.01. The second kappa shape index (κ2) is 3.70. The van der Waals surface area contributed by atoms with Crippen molar-refractivity contribution in [3.8, 4) is 5.75 Å². The van der Waals surface area contributed by atoms with Crippen molar-refractivity contribution in [1.82, 2.24) is 0 Å². The number of carbonyl (C=O) groups is 1. The minimum Gasteiger partial charge on any atom is -0.504 e. The molecule has 0 bridgehead atoms. The van der Waals surface area contributed by atoms with Crippen LogP contribution in [0.25, 0.3) is 23.1 Å². The topological polar surface area (TPSA) is 50.4 Å². The van der Waals surface area contributed by atoms with Crippen LogP contribution in [0.4, 0.5) is 0 Å². The van der Waals surface area contributed by atoms with Crippen LogP contribution in [-0.2, 0) is 0 Å². The van der Waals surface area contributed by atoms with E-state index in [0.717, 1.165) is 6.29 Å². The summed E-state index contributed by atoms with van der Waals surface area (Å²) in [6, 6.07) is 2.97. The van der Waals surface area contributed by atoms with Gasteiger partial charge in [0.15, 0.2) is 17.6 Å². The van der Waals surface area contributed by atoms with Gasteiger partial charge in [-0.15, -0.1) is 0 Å². The number of phenolic OH excluding ortho intramolecular Hbond substituents is 1. The maximum atomic E-state index is 10.9. The quantitative estimate of drug-likeness (QED) is 0.798. The van der Waals surface area contributed by atoms with E-state index in [4.69, 9.17) is 4.42 Å². The van der Waals surface area contributed by atoms with Crippen molar-refractivity contribution in [2.75, 3.05) is 0 Å². The van der Waals surface area contributed by atoms with E-state index in [9.17, 15) is 9.90 Å². The van der Waals surface area contributed by atoms with Gasteiger partial charge < -0.3 is 9.52 Å². The minimum atomic E-state index is -0.00296. The predicted octanol–water partition coefficient (Wildman–Crippen LogP) is 3.24. The lowest BCUT2D eigenvalue weighted by molar-refractivity contribution is 0.112. The summed E-state index contributed by atoms with van der Waals surface area (Å²) in [5, 5.41) is 10.2. The lowest BCUT2D eigenvalue weighted by Crippen LogP contribution is -1.82. The lowest BCUT2D eigenvalue weighted by atomic mass is 10.0. The van der Waals surface area contributed by atoms with Crippen molar-refractivity contribution < 1.29 is 14.3 Å². The molecule has 0 aliphatic rings. The van der Waals surface area contributed by atoms with Crippen LogP contribution < -0.4 is 0 Å². The van der Waals surface area contributed by atoms with Crippen LogP contribution >= 0.6 is 0 Å². The highest BCUT2D eigenvalue weighted by atomic mass is 16.4. The third kappa shape index (κ3) is 1.26. The summed E-state index contributed by atoms with van der Waals surface area (Å²) in [6.07, 6.45) is 3.82. The maximum absolute atomic E-state index is 10.9. The monoisotopic (exact) mass is 214 g/mol. The Morgan fingerprint density at radius 1 is 1.25 bits per heavy atom. The zero-order valence-corrected chi connectivity index (χ0v) is 8.56. The Morgan fingerprint density at radius 2 is 2.00 bits per heavy atom. The summed E-state index contributed by atoms with van der Waals surface area (Å²) in [5.41, 5.74) is 1.41. The molecule has 0 radical (unpaired) electrons. The molecule has 0 aliphatic heterocycles. The third-order valence-corrected chi connectivity index (χ3v) is 2.43. The van der Waals surface area contributed by atoms with Gasteiger partial charge in [0.1, 0.15) is 5.76 Å². The van der Waals surface area contributed by atoms with Gasteiger partial charge in [-0.2, -0.15) is 0 Å². The summed E-state index contributed by atoms with van der Waals surface area (Å²) in [4.78, 5) is 10.9. The molecule has 0 unspecified atom stereocenters. The van der Waals surface area contributed by atoms with Crippen LogP contribution in [0.3, 0.4) is 0 Å². The molecule has 0 saturated carbocycles.